The van der Waals surface area contributed by atoms with Crippen molar-refractivity contribution < 1.29 is 21.9 Å². The number of nitrogens with zero attached hydrogens (tertiary/aromatic N) is 6. The number of fused-ring (bicyclic) bond motifs is 1. The molecule has 37 heavy (non-hydrogen) atoms. The van der Waals surface area contributed by atoms with Crippen LogP contribution in [0.25, 0.3) is 26.4 Å². The lowest BCUT2D eigenvalue weighted by Gasteiger charge is -2.24. The minimum Gasteiger partial charge on any atom is -0.365 e. The van der Waals surface area contributed by atoms with Crippen LogP contribution in [-0.4, -0.2) is 59.8 Å². The topological polar surface area (TPSA) is 94.6 Å². The summed E-state index contributed by atoms with van der Waals surface area (Å²) in [5.41, 5.74) is -0.526. The Morgan fingerprint density at radius 3 is 2.57 bits per heavy atom. The van der Waals surface area contributed by atoms with E-state index in [0.717, 1.165) is 10.3 Å². The molecule has 1 aliphatic carbocycles. The van der Waals surface area contributed by atoms with E-state index in [2.05, 4.69) is 39.8 Å². The lowest BCUT2D eigenvalue weighted by Crippen LogP contribution is -2.42. The maximum atomic E-state index is 13.9. The molecule has 0 atom stereocenters. The number of benzene rings is 1. The Kier molecular flexibility index (Phi) is 7.77. The molecule has 15 heteroatoms. The van der Waals surface area contributed by atoms with E-state index < -0.39 is 35.2 Å². The zero-order valence-electron chi connectivity index (χ0n) is 20.8. The fourth-order valence-electron chi connectivity index (χ4n) is 3.79. The Balaban J connectivity index is 1.78. The molecule has 0 aliphatic heterocycles. The summed E-state index contributed by atoms with van der Waals surface area (Å²) < 4.78 is 62.5. The molecule has 200 valence electrons. The van der Waals surface area contributed by atoms with E-state index in [1.54, 1.807) is 4.68 Å². The molecule has 0 N–H and O–H groups in total. The van der Waals surface area contributed by atoms with Gasteiger partial charge in [0, 0.05) is 26.6 Å². The molecule has 3 aromatic rings. The Labute approximate surface area is 224 Å². The summed E-state index contributed by atoms with van der Waals surface area (Å²) in [7, 11) is -5.61. The predicted molar refractivity (Wildman–Crippen MR) is 141 cm³/mol. The summed E-state index contributed by atoms with van der Waals surface area (Å²) in [6, 6.07) is 3.59. The van der Waals surface area contributed by atoms with Crippen molar-refractivity contribution in [3.05, 3.63) is 33.6 Å². The van der Waals surface area contributed by atoms with E-state index in [9.17, 15) is 17.2 Å². The predicted octanol–water partition coefficient (Wildman–Crippen LogP) is 5.88. The minimum atomic E-state index is -4.21. The third-order valence-electron chi connectivity index (χ3n) is 6.06. The van der Waals surface area contributed by atoms with Crippen LogP contribution in [0, 0.1) is 6.57 Å². The molecule has 1 saturated carbocycles. The molecule has 0 unspecified atom stereocenters. The smallest absolute Gasteiger partial charge is 0.303 e. The molecule has 1 aromatic carbocycles. The highest BCUT2D eigenvalue weighted by Gasteiger charge is 2.61. The average Bonchev–Trinajstić information content (AvgIpc) is 3.27. The average molecular weight is 589 g/mol. The van der Waals surface area contributed by atoms with Gasteiger partial charge in [-0.2, -0.15) is 5.10 Å². The largest absolute Gasteiger partial charge is 0.365 e. The van der Waals surface area contributed by atoms with Crippen LogP contribution in [0.1, 0.15) is 31.2 Å². The molecule has 1 aliphatic rings. The SMILES string of the molecule is [C-]#[N+]C1(N(COCC[Si](C)(C)C)S(=O)(=O)c2cc(Cl)c3c(c2)c(-c2nnc(C(F)F)s2)nn3CC)CC1. The number of aryl methyl sites for hydroxylation is 1. The van der Waals surface area contributed by atoms with Crippen molar-refractivity contribution in [1.82, 2.24) is 24.3 Å². The van der Waals surface area contributed by atoms with Crippen LogP contribution in [0.3, 0.4) is 0 Å². The third-order valence-corrected chi connectivity index (χ3v) is 10.8. The van der Waals surface area contributed by atoms with Gasteiger partial charge in [0.1, 0.15) is 12.4 Å². The van der Waals surface area contributed by atoms with E-state index in [4.69, 9.17) is 22.9 Å². The van der Waals surface area contributed by atoms with E-state index in [-0.39, 0.29) is 27.4 Å². The van der Waals surface area contributed by atoms with Gasteiger partial charge < -0.3 is 4.74 Å². The van der Waals surface area contributed by atoms with Crippen LogP contribution in [0.15, 0.2) is 17.0 Å². The Bertz CT molecular complexity index is 1460. The van der Waals surface area contributed by atoms with Crippen molar-refractivity contribution >= 4 is 51.9 Å². The van der Waals surface area contributed by atoms with Gasteiger partial charge >= 0.3 is 5.66 Å². The number of aromatic nitrogens is 4. The summed E-state index contributed by atoms with van der Waals surface area (Å²) in [6.45, 7) is 16.6. The van der Waals surface area contributed by atoms with Gasteiger partial charge in [0.25, 0.3) is 16.4 Å². The van der Waals surface area contributed by atoms with Crippen LogP contribution >= 0.6 is 22.9 Å². The molecule has 0 radical (unpaired) electrons. The van der Waals surface area contributed by atoms with Gasteiger partial charge in [-0.25, -0.2) is 23.8 Å². The van der Waals surface area contributed by atoms with E-state index in [1.807, 2.05) is 6.92 Å². The summed E-state index contributed by atoms with van der Waals surface area (Å²) in [6.07, 6.45) is -1.98. The summed E-state index contributed by atoms with van der Waals surface area (Å²) in [5.74, 6) is 0. The van der Waals surface area contributed by atoms with Gasteiger partial charge in [-0.05, 0) is 25.1 Å². The van der Waals surface area contributed by atoms with E-state index >= 15 is 0 Å². The molecule has 2 heterocycles. The number of halogens is 3. The molecule has 4 rings (SSSR count). The molecule has 1 fully saturated rings. The summed E-state index contributed by atoms with van der Waals surface area (Å²) >= 11 is 7.25. The second-order valence-corrected chi connectivity index (χ2v) is 18.9. The highest BCUT2D eigenvalue weighted by atomic mass is 35.5. The van der Waals surface area contributed by atoms with Crippen LogP contribution in [0.4, 0.5) is 8.78 Å². The Morgan fingerprint density at radius 2 is 2.03 bits per heavy atom. The maximum Gasteiger partial charge on any atom is 0.303 e. The van der Waals surface area contributed by atoms with Gasteiger partial charge in [-0.1, -0.05) is 46.9 Å². The highest BCUT2D eigenvalue weighted by Crippen LogP contribution is 2.47. The van der Waals surface area contributed by atoms with Crippen LogP contribution in [0.2, 0.25) is 30.7 Å². The number of hydrogen-bond acceptors (Lipinski definition) is 7. The zero-order chi connectivity index (χ0) is 27.2. The number of alkyl halides is 2. The van der Waals surface area contributed by atoms with Crippen molar-refractivity contribution in [3.63, 3.8) is 0 Å². The molecule has 0 amide bonds. The van der Waals surface area contributed by atoms with Crippen molar-refractivity contribution in [2.24, 2.45) is 0 Å². The fraction of sp³-hybridized carbons (Fsp3) is 0.545. The third kappa shape index (κ3) is 5.57. The Morgan fingerprint density at radius 1 is 1.32 bits per heavy atom. The van der Waals surface area contributed by atoms with Gasteiger partial charge in [-0.15, -0.1) is 10.2 Å². The minimum absolute atomic E-state index is 0.127. The van der Waals surface area contributed by atoms with Crippen LogP contribution < -0.4 is 0 Å². The van der Waals surface area contributed by atoms with Gasteiger partial charge in [0.15, 0.2) is 10.0 Å². The van der Waals surface area contributed by atoms with Gasteiger partial charge in [0.2, 0.25) is 0 Å². The summed E-state index contributed by atoms with van der Waals surface area (Å²) in [5, 5.41) is 12.0. The number of sulfonamides is 1. The molecule has 0 saturated heterocycles. The highest BCUT2D eigenvalue weighted by molar-refractivity contribution is 7.89. The fourth-order valence-corrected chi connectivity index (χ4v) is 7.30. The van der Waals surface area contributed by atoms with Crippen LogP contribution in [-0.2, 0) is 21.3 Å². The maximum absolute atomic E-state index is 13.9. The van der Waals surface area contributed by atoms with Crippen molar-refractivity contribution in [2.45, 2.75) is 69.0 Å². The first-order valence-corrected chi connectivity index (χ1v) is 18.0. The van der Waals surface area contributed by atoms with Gasteiger partial charge in [-0.3, -0.25) is 9.53 Å². The van der Waals surface area contributed by atoms with Crippen molar-refractivity contribution in [2.75, 3.05) is 13.3 Å². The lowest BCUT2D eigenvalue weighted by molar-refractivity contribution is 0.0642. The van der Waals surface area contributed by atoms with Crippen molar-refractivity contribution in [1.29, 1.82) is 0 Å². The first-order valence-electron chi connectivity index (χ1n) is 11.6. The number of rotatable bonds is 11. The Hall–Kier alpha value is -2.02. The monoisotopic (exact) mass is 588 g/mol. The lowest BCUT2D eigenvalue weighted by atomic mass is 10.2. The molecular formula is C22H27ClF2N6O3S2Si. The molecule has 0 bridgehead atoms. The van der Waals surface area contributed by atoms with Gasteiger partial charge in [0.05, 0.1) is 28.3 Å². The van der Waals surface area contributed by atoms with Crippen molar-refractivity contribution in [3.8, 4) is 10.7 Å². The molecule has 2 aromatic heterocycles. The number of hydrogen-bond donors (Lipinski definition) is 0. The second kappa shape index (κ2) is 10.3. The standard InChI is InChI=1S/C22H27ClF2N6O3S2Si/c1-6-30-18-15(17(29-30)20-27-28-21(35-20)19(24)25)11-14(12-16(18)23)36(32,33)31(22(26-2)7-8-22)13-34-9-10-37(3,4)5/h11-12,19H,6-10,13H2,1,3-5H3. The van der Waals surface area contributed by atoms with Crippen LogP contribution in [0.5, 0.6) is 0 Å². The zero-order valence-corrected chi connectivity index (χ0v) is 24.2. The summed E-state index contributed by atoms with van der Waals surface area (Å²) in [4.78, 5) is 3.49. The first kappa shape index (κ1) is 28.0. The second-order valence-electron chi connectivity index (χ2n) is 10.0. The normalized spacial score (nSPS) is 15.6. The number of ether oxygens (including phenoxy) is 1. The molecule has 9 nitrogen and oxygen atoms in total. The molecular weight excluding hydrogens is 562 g/mol. The first-order chi connectivity index (χ1) is 17.3. The quantitative estimate of drug-likeness (QED) is 0.120. The molecule has 0 spiro atoms. The van der Waals surface area contributed by atoms with E-state index in [1.165, 1.54) is 12.1 Å². The van der Waals surface area contributed by atoms with E-state index in [0.29, 0.717) is 48.2 Å².